The molecule has 0 aromatic heterocycles. The number of carbonyl (C=O) groups is 1. The van der Waals surface area contributed by atoms with E-state index in [2.05, 4.69) is 12.1 Å². The molecule has 1 unspecified atom stereocenters. The van der Waals surface area contributed by atoms with Crippen LogP contribution in [0.1, 0.15) is 37.7 Å². The topological polar surface area (TPSA) is 80.5 Å². The fraction of sp³-hybridized carbons (Fsp3) is 0.588. The lowest BCUT2D eigenvalue weighted by atomic mass is 9.94. The van der Waals surface area contributed by atoms with Crippen molar-refractivity contribution in [2.45, 2.75) is 43.8 Å². The van der Waals surface area contributed by atoms with Crippen LogP contribution < -0.4 is 5.14 Å². The zero-order valence-corrected chi connectivity index (χ0v) is 14.1. The van der Waals surface area contributed by atoms with Crippen molar-refractivity contribution < 1.29 is 13.2 Å². The Morgan fingerprint density at radius 1 is 1.26 bits per heavy atom. The average Bonchev–Trinajstić information content (AvgIpc) is 3.34. The van der Waals surface area contributed by atoms with Gasteiger partial charge in [0, 0.05) is 18.5 Å². The number of benzene rings is 1. The number of nitrogens with two attached hydrogens (primary N) is 1. The van der Waals surface area contributed by atoms with Crippen LogP contribution in [0, 0.1) is 5.41 Å². The molecule has 126 valence electrons. The fourth-order valence-electron chi connectivity index (χ4n) is 3.48. The third kappa shape index (κ3) is 3.75. The van der Waals surface area contributed by atoms with E-state index in [9.17, 15) is 13.2 Å². The third-order valence-electron chi connectivity index (χ3n) is 5.17. The number of hydrogen-bond donors (Lipinski definition) is 1. The van der Waals surface area contributed by atoms with Crippen LogP contribution in [-0.4, -0.2) is 37.6 Å². The third-order valence-corrected chi connectivity index (χ3v) is 6.49. The first-order valence-corrected chi connectivity index (χ1v) is 9.87. The van der Waals surface area contributed by atoms with Gasteiger partial charge in [-0.3, -0.25) is 4.79 Å². The largest absolute Gasteiger partial charge is 0.341 e. The Balaban J connectivity index is 1.63. The minimum atomic E-state index is -3.57. The highest BCUT2D eigenvalue weighted by Crippen LogP contribution is 2.51. The van der Waals surface area contributed by atoms with Gasteiger partial charge in [0.2, 0.25) is 15.9 Å². The van der Waals surface area contributed by atoms with Crippen molar-refractivity contribution in [3.05, 3.63) is 35.9 Å². The molecule has 2 fully saturated rings. The first-order chi connectivity index (χ1) is 10.9. The number of rotatable bonds is 5. The number of nitrogens with zero attached hydrogens (tertiary/aromatic N) is 1. The maximum atomic E-state index is 12.9. The normalized spacial score (nSPS) is 23.5. The molecule has 1 aromatic carbocycles. The van der Waals surface area contributed by atoms with E-state index in [0.29, 0.717) is 19.4 Å². The summed E-state index contributed by atoms with van der Waals surface area (Å²) in [4.78, 5) is 14.6. The molecule has 1 heterocycles. The van der Waals surface area contributed by atoms with Gasteiger partial charge in [0.15, 0.2) is 0 Å². The summed E-state index contributed by atoms with van der Waals surface area (Å²) in [5.41, 5.74) is 0.975. The number of likely N-dealkylation sites (tertiary alicyclic amines) is 1. The lowest BCUT2D eigenvalue weighted by Crippen LogP contribution is -2.49. The second kappa shape index (κ2) is 6.24. The highest BCUT2D eigenvalue weighted by molar-refractivity contribution is 7.89. The van der Waals surface area contributed by atoms with Gasteiger partial charge in [-0.1, -0.05) is 30.3 Å². The zero-order chi connectivity index (χ0) is 16.5. The van der Waals surface area contributed by atoms with E-state index in [1.165, 1.54) is 5.56 Å². The summed E-state index contributed by atoms with van der Waals surface area (Å²) in [7, 11) is -3.57. The number of amides is 1. The van der Waals surface area contributed by atoms with Crippen LogP contribution in [-0.2, 0) is 21.2 Å². The summed E-state index contributed by atoms with van der Waals surface area (Å²) >= 11 is 0. The van der Waals surface area contributed by atoms with Gasteiger partial charge in [-0.2, -0.15) is 0 Å². The van der Waals surface area contributed by atoms with Crippen LogP contribution in [0.5, 0.6) is 0 Å². The van der Waals surface area contributed by atoms with Crippen LogP contribution in [0.3, 0.4) is 0 Å². The molecule has 5 nitrogen and oxygen atoms in total. The van der Waals surface area contributed by atoms with E-state index >= 15 is 0 Å². The van der Waals surface area contributed by atoms with E-state index in [0.717, 1.165) is 25.7 Å². The Hall–Kier alpha value is -1.40. The Bertz CT molecular complexity index is 668. The molecule has 1 aromatic rings. The summed E-state index contributed by atoms with van der Waals surface area (Å²) in [6.45, 7) is 0.905. The van der Waals surface area contributed by atoms with Crippen molar-refractivity contribution in [3.63, 3.8) is 0 Å². The molecule has 23 heavy (non-hydrogen) atoms. The van der Waals surface area contributed by atoms with Crippen molar-refractivity contribution in [2.75, 3.05) is 13.1 Å². The molecule has 2 N–H and O–H groups in total. The average molecular weight is 336 g/mol. The quantitative estimate of drug-likeness (QED) is 0.888. The van der Waals surface area contributed by atoms with Crippen LogP contribution in [0.15, 0.2) is 30.3 Å². The van der Waals surface area contributed by atoms with Crippen molar-refractivity contribution in [2.24, 2.45) is 10.6 Å². The number of hydrogen-bond acceptors (Lipinski definition) is 3. The lowest BCUT2D eigenvalue weighted by Gasteiger charge is -2.34. The molecule has 1 saturated heterocycles. The standard InChI is InChI=1S/C17H24N2O3S/c18-23(21,22)15-7-4-12-19(13-15)16(20)17(10-11-17)9-8-14-5-2-1-3-6-14/h1-3,5-6,15H,4,7-13H2,(H2,18,21,22). The van der Waals surface area contributed by atoms with Crippen LogP contribution in [0.25, 0.3) is 0 Å². The molecule has 6 heteroatoms. The van der Waals surface area contributed by atoms with Crippen molar-refractivity contribution >= 4 is 15.9 Å². The summed E-state index contributed by atoms with van der Waals surface area (Å²) < 4.78 is 23.1. The van der Waals surface area contributed by atoms with E-state index in [-0.39, 0.29) is 17.9 Å². The summed E-state index contributed by atoms with van der Waals surface area (Å²) in [5.74, 6) is 0.127. The molecule has 0 radical (unpaired) electrons. The fourth-order valence-corrected chi connectivity index (χ4v) is 4.36. The molecular weight excluding hydrogens is 312 g/mol. The first kappa shape index (κ1) is 16.5. The molecule has 2 aliphatic rings. The van der Waals surface area contributed by atoms with Gasteiger partial charge in [0.1, 0.15) is 0 Å². The molecule has 0 bridgehead atoms. The smallest absolute Gasteiger partial charge is 0.228 e. The Labute approximate surface area is 137 Å². The maximum Gasteiger partial charge on any atom is 0.228 e. The summed E-state index contributed by atoms with van der Waals surface area (Å²) in [6, 6.07) is 10.2. The van der Waals surface area contributed by atoms with Crippen LogP contribution in [0.4, 0.5) is 0 Å². The monoisotopic (exact) mass is 336 g/mol. The molecular formula is C17H24N2O3S. The van der Waals surface area contributed by atoms with E-state index in [4.69, 9.17) is 5.14 Å². The molecule has 1 aliphatic heterocycles. The van der Waals surface area contributed by atoms with Crippen LogP contribution in [0.2, 0.25) is 0 Å². The number of primary sulfonamides is 1. The molecule has 0 spiro atoms. The highest BCUT2D eigenvalue weighted by Gasteiger charge is 2.51. The molecule has 3 rings (SSSR count). The van der Waals surface area contributed by atoms with E-state index in [1.54, 1.807) is 4.90 Å². The van der Waals surface area contributed by atoms with Gasteiger partial charge >= 0.3 is 0 Å². The molecule has 1 aliphatic carbocycles. The van der Waals surface area contributed by atoms with Gasteiger partial charge in [-0.05, 0) is 44.1 Å². The van der Waals surface area contributed by atoms with E-state index in [1.807, 2.05) is 18.2 Å². The van der Waals surface area contributed by atoms with Crippen molar-refractivity contribution in [1.82, 2.24) is 4.90 Å². The second-order valence-corrected chi connectivity index (χ2v) is 8.72. The predicted octanol–water partition coefficient (Wildman–Crippen LogP) is 1.68. The van der Waals surface area contributed by atoms with Crippen LogP contribution >= 0.6 is 0 Å². The molecule has 1 atom stereocenters. The lowest BCUT2D eigenvalue weighted by molar-refractivity contribution is -0.138. The highest BCUT2D eigenvalue weighted by atomic mass is 32.2. The summed E-state index contributed by atoms with van der Waals surface area (Å²) in [5, 5.41) is 4.66. The zero-order valence-electron chi connectivity index (χ0n) is 13.3. The van der Waals surface area contributed by atoms with Gasteiger partial charge < -0.3 is 4.90 Å². The molecule has 1 amide bonds. The predicted molar refractivity (Wildman–Crippen MR) is 89.1 cm³/mol. The van der Waals surface area contributed by atoms with Gasteiger partial charge in [-0.15, -0.1) is 0 Å². The molecule has 1 saturated carbocycles. The van der Waals surface area contributed by atoms with E-state index < -0.39 is 15.3 Å². The Kier molecular flexibility index (Phi) is 4.47. The number of carbonyl (C=O) groups excluding carboxylic acids is 1. The number of sulfonamides is 1. The summed E-state index contributed by atoms with van der Waals surface area (Å²) in [6.07, 6.45) is 4.82. The second-order valence-electron chi connectivity index (χ2n) is 6.87. The minimum Gasteiger partial charge on any atom is -0.341 e. The van der Waals surface area contributed by atoms with Gasteiger partial charge in [0.05, 0.1) is 5.25 Å². The maximum absolute atomic E-state index is 12.9. The Morgan fingerprint density at radius 2 is 1.96 bits per heavy atom. The van der Waals surface area contributed by atoms with Crippen molar-refractivity contribution in [1.29, 1.82) is 0 Å². The minimum absolute atomic E-state index is 0.127. The van der Waals surface area contributed by atoms with Gasteiger partial charge in [-0.25, -0.2) is 13.6 Å². The van der Waals surface area contributed by atoms with Gasteiger partial charge in [0.25, 0.3) is 0 Å². The Morgan fingerprint density at radius 3 is 2.57 bits per heavy atom. The number of piperidine rings is 1. The van der Waals surface area contributed by atoms with Crippen molar-refractivity contribution in [3.8, 4) is 0 Å². The SMILES string of the molecule is NS(=O)(=O)C1CCCN(C(=O)C2(CCc3ccccc3)CC2)C1. The first-order valence-electron chi connectivity index (χ1n) is 8.26. The number of aryl methyl sites for hydroxylation is 1.